The third-order valence-electron chi connectivity index (χ3n) is 8.47. The van der Waals surface area contributed by atoms with E-state index in [1.54, 1.807) is 0 Å². The Labute approximate surface area is 220 Å². The summed E-state index contributed by atoms with van der Waals surface area (Å²) in [5.41, 5.74) is 12.0. The van der Waals surface area contributed by atoms with Gasteiger partial charge in [0.2, 0.25) is 0 Å². The molecule has 36 heavy (non-hydrogen) atoms. The van der Waals surface area contributed by atoms with Crippen molar-refractivity contribution < 1.29 is 4.74 Å². The summed E-state index contributed by atoms with van der Waals surface area (Å²) >= 11 is 5.99. The minimum Gasteiger partial charge on any atom is -0.493 e. The van der Waals surface area contributed by atoms with Gasteiger partial charge in [-0.2, -0.15) is 0 Å². The van der Waals surface area contributed by atoms with Gasteiger partial charge in [-0.05, 0) is 110 Å². The number of aromatic nitrogens is 1. The molecular formula is C32H35ClN2O. The molecule has 2 N–H and O–H groups in total. The second-order valence-corrected chi connectivity index (χ2v) is 11.0. The molecule has 0 amide bonds. The summed E-state index contributed by atoms with van der Waals surface area (Å²) < 4.78 is 6.30. The van der Waals surface area contributed by atoms with Gasteiger partial charge in [-0.3, -0.25) is 0 Å². The highest BCUT2D eigenvalue weighted by Gasteiger charge is 2.57. The summed E-state index contributed by atoms with van der Waals surface area (Å²) in [6.45, 7) is 3.69. The molecule has 2 aromatic carbocycles. The Bertz CT molecular complexity index is 1240. The number of nitrogens with zero attached hydrogens (tertiary/aromatic N) is 1. The number of pyridine rings is 1. The van der Waals surface area contributed by atoms with Crippen LogP contribution in [0.25, 0.3) is 11.1 Å². The molecule has 4 heteroatoms. The van der Waals surface area contributed by atoms with Gasteiger partial charge in [-0.1, -0.05) is 55.0 Å². The van der Waals surface area contributed by atoms with E-state index in [2.05, 4.69) is 35.9 Å². The first-order valence-corrected chi connectivity index (χ1v) is 13.6. The number of nitrogens with two attached hydrogens (primary N) is 1. The molecule has 0 radical (unpaired) electrons. The summed E-state index contributed by atoms with van der Waals surface area (Å²) in [5, 5.41) is 0.729. The Balaban J connectivity index is 1.20. The van der Waals surface area contributed by atoms with Crippen molar-refractivity contribution in [1.82, 2.24) is 4.98 Å². The molecule has 2 aliphatic rings. The average molecular weight is 499 g/mol. The van der Waals surface area contributed by atoms with Gasteiger partial charge in [-0.15, -0.1) is 0 Å². The van der Waals surface area contributed by atoms with Crippen molar-refractivity contribution >= 4 is 11.6 Å². The van der Waals surface area contributed by atoms with E-state index in [-0.39, 0.29) is 0 Å². The maximum atomic E-state index is 6.30. The molecule has 0 aliphatic heterocycles. The van der Waals surface area contributed by atoms with Gasteiger partial charge in [0.15, 0.2) is 0 Å². The lowest BCUT2D eigenvalue weighted by molar-refractivity contribution is 0.0522. The topological polar surface area (TPSA) is 48.1 Å². The molecule has 0 unspecified atom stereocenters. The van der Waals surface area contributed by atoms with Crippen molar-refractivity contribution in [3.8, 4) is 28.7 Å². The Kier molecular flexibility index (Phi) is 7.37. The fraction of sp³-hybridized carbons (Fsp3) is 0.406. The fourth-order valence-electron chi connectivity index (χ4n) is 6.04. The summed E-state index contributed by atoms with van der Waals surface area (Å²) in [5.74, 6) is 7.38. The van der Waals surface area contributed by atoms with Crippen molar-refractivity contribution in [3.05, 3.63) is 82.6 Å². The molecule has 0 bridgehead atoms. The third kappa shape index (κ3) is 5.31. The van der Waals surface area contributed by atoms with Crippen LogP contribution in [0.3, 0.4) is 0 Å². The van der Waals surface area contributed by atoms with E-state index in [1.807, 2.05) is 48.7 Å². The SMILES string of the molecule is Cc1cc(C#Cc2ccc(-c3ccc(Cl)cc3)cn2)ccc1OCCC1(C2(CN)CC2)CCCCC1. The quantitative estimate of drug-likeness (QED) is 0.342. The Morgan fingerprint density at radius 2 is 1.64 bits per heavy atom. The fourth-order valence-corrected chi connectivity index (χ4v) is 6.16. The predicted molar refractivity (Wildman–Crippen MR) is 148 cm³/mol. The van der Waals surface area contributed by atoms with Crippen LogP contribution in [0, 0.1) is 29.6 Å². The van der Waals surface area contributed by atoms with Crippen molar-refractivity contribution in [2.24, 2.45) is 16.6 Å². The largest absolute Gasteiger partial charge is 0.493 e. The highest BCUT2D eigenvalue weighted by Crippen LogP contribution is 2.64. The Morgan fingerprint density at radius 1 is 0.889 bits per heavy atom. The summed E-state index contributed by atoms with van der Waals surface area (Å²) in [4.78, 5) is 4.52. The number of hydrogen-bond acceptors (Lipinski definition) is 3. The van der Waals surface area contributed by atoms with E-state index in [0.717, 1.165) is 58.3 Å². The lowest BCUT2D eigenvalue weighted by Crippen LogP contribution is -2.40. The first-order chi connectivity index (χ1) is 17.5. The summed E-state index contributed by atoms with van der Waals surface area (Å²) in [6.07, 6.45) is 12.2. The van der Waals surface area contributed by atoms with Crippen molar-refractivity contribution in [1.29, 1.82) is 0 Å². The molecule has 2 fully saturated rings. The van der Waals surface area contributed by atoms with Crippen LogP contribution in [-0.2, 0) is 0 Å². The molecule has 3 nitrogen and oxygen atoms in total. The first-order valence-electron chi connectivity index (χ1n) is 13.2. The van der Waals surface area contributed by atoms with Crippen LogP contribution in [0.5, 0.6) is 5.75 Å². The van der Waals surface area contributed by atoms with Gasteiger partial charge in [0.25, 0.3) is 0 Å². The van der Waals surface area contributed by atoms with E-state index in [0.29, 0.717) is 10.8 Å². The van der Waals surface area contributed by atoms with Gasteiger partial charge in [0.05, 0.1) is 6.61 Å². The number of hydrogen-bond donors (Lipinski definition) is 1. The maximum absolute atomic E-state index is 6.30. The smallest absolute Gasteiger partial charge is 0.122 e. The molecule has 1 aromatic heterocycles. The summed E-state index contributed by atoms with van der Waals surface area (Å²) in [7, 11) is 0. The van der Waals surface area contributed by atoms with Crippen LogP contribution >= 0.6 is 11.6 Å². The highest BCUT2D eigenvalue weighted by atomic mass is 35.5. The second-order valence-electron chi connectivity index (χ2n) is 10.6. The normalized spacial score (nSPS) is 17.6. The minimum absolute atomic E-state index is 0.381. The Morgan fingerprint density at radius 3 is 2.28 bits per heavy atom. The van der Waals surface area contributed by atoms with Crippen LogP contribution in [-0.4, -0.2) is 18.1 Å². The zero-order valence-electron chi connectivity index (χ0n) is 21.2. The van der Waals surface area contributed by atoms with Gasteiger partial charge in [0.1, 0.15) is 11.4 Å². The van der Waals surface area contributed by atoms with E-state index < -0.39 is 0 Å². The van der Waals surface area contributed by atoms with E-state index >= 15 is 0 Å². The summed E-state index contributed by atoms with van der Waals surface area (Å²) in [6, 6.07) is 18.0. The zero-order chi connectivity index (χ0) is 25.0. The Hall–Kier alpha value is -2.80. The van der Waals surface area contributed by atoms with E-state index in [1.165, 1.54) is 44.9 Å². The zero-order valence-corrected chi connectivity index (χ0v) is 21.9. The number of aryl methyl sites for hydroxylation is 1. The predicted octanol–water partition coefficient (Wildman–Crippen LogP) is 7.57. The molecule has 1 heterocycles. The molecule has 5 rings (SSSR count). The van der Waals surface area contributed by atoms with Crippen molar-refractivity contribution in [3.63, 3.8) is 0 Å². The van der Waals surface area contributed by atoms with Crippen LogP contribution in [0.15, 0.2) is 60.8 Å². The van der Waals surface area contributed by atoms with E-state index in [4.69, 9.17) is 22.1 Å². The van der Waals surface area contributed by atoms with Crippen LogP contribution in [0.1, 0.15) is 68.2 Å². The van der Waals surface area contributed by atoms with E-state index in [9.17, 15) is 0 Å². The maximum Gasteiger partial charge on any atom is 0.122 e. The molecule has 2 saturated carbocycles. The lowest BCUT2D eigenvalue weighted by Gasteiger charge is -2.44. The molecule has 0 atom stereocenters. The van der Waals surface area contributed by atoms with Crippen molar-refractivity contribution in [2.75, 3.05) is 13.2 Å². The van der Waals surface area contributed by atoms with Gasteiger partial charge >= 0.3 is 0 Å². The average Bonchev–Trinajstić information content (AvgIpc) is 3.72. The van der Waals surface area contributed by atoms with Gasteiger partial charge < -0.3 is 10.5 Å². The standard InChI is InChI=1S/C32H35ClN2O/c1-24-21-25(5-12-29-13-9-27(22-35-29)26-7-10-28(33)11-8-26)6-14-30(24)36-20-19-31(15-3-2-4-16-31)32(23-34)17-18-32/h6-11,13-14,21-22H,2-4,15-20,23,34H2,1H3. The molecule has 2 aliphatic carbocycles. The molecular weight excluding hydrogens is 464 g/mol. The molecule has 0 saturated heterocycles. The lowest BCUT2D eigenvalue weighted by atomic mass is 9.62. The number of rotatable bonds is 7. The number of ether oxygens (including phenoxy) is 1. The molecule has 0 spiro atoms. The van der Waals surface area contributed by atoms with Crippen LogP contribution < -0.4 is 10.5 Å². The van der Waals surface area contributed by atoms with Crippen LogP contribution in [0.2, 0.25) is 5.02 Å². The van der Waals surface area contributed by atoms with Gasteiger partial charge in [0, 0.05) is 22.3 Å². The monoisotopic (exact) mass is 498 g/mol. The molecule has 186 valence electrons. The second kappa shape index (κ2) is 10.7. The minimum atomic E-state index is 0.381. The van der Waals surface area contributed by atoms with Crippen molar-refractivity contribution in [2.45, 2.75) is 58.3 Å². The number of benzene rings is 2. The third-order valence-corrected chi connectivity index (χ3v) is 8.72. The highest BCUT2D eigenvalue weighted by molar-refractivity contribution is 6.30. The number of halogens is 1. The van der Waals surface area contributed by atoms with Crippen LogP contribution in [0.4, 0.5) is 0 Å². The first kappa shape index (κ1) is 24.9. The molecule has 3 aromatic rings. The van der Waals surface area contributed by atoms with Gasteiger partial charge in [-0.25, -0.2) is 4.98 Å².